The van der Waals surface area contributed by atoms with Crippen LogP contribution in [0.15, 0.2) is 188 Å². The van der Waals surface area contributed by atoms with Crippen LogP contribution in [0.25, 0.3) is 133 Å². The lowest BCUT2D eigenvalue weighted by Gasteiger charge is -2.16. The zero-order valence-corrected chi connectivity index (χ0v) is 63.3. The highest BCUT2D eigenvalue weighted by molar-refractivity contribution is 6.12. The molecule has 1 unspecified atom stereocenters. The van der Waals surface area contributed by atoms with Crippen molar-refractivity contribution in [1.82, 2.24) is 19.9 Å². The van der Waals surface area contributed by atoms with Gasteiger partial charge in [0.25, 0.3) is 0 Å². The van der Waals surface area contributed by atoms with Crippen LogP contribution in [-0.2, 0) is 46.4 Å². The van der Waals surface area contributed by atoms with Gasteiger partial charge < -0.3 is 17.7 Å². The average Bonchev–Trinajstić information content (AvgIpc) is 1.75. The number of pyridine rings is 8. The van der Waals surface area contributed by atoms with Gasteiger partial charge in [0.2, 0.25) is 45.6 Å². The maximum absolute atomic E-state index is 8.24. The van der Waals surface area contributed by atoms with Crippen LogP contribution >= 0.6 is 0 Å². The number of rotatable bonds is 8. The molecule has 12 aromatic heterocycles. The molecule has 0 amide bonds. The molecule has 0 saturated heterocycles. The Morgan fingerprint density at radius 2 is 0.702 bits per heavy atom. The normalized spacial score (nSPS) is 14.6. The number of nitrogens with zero attached hydrogens (tertiary/aromatic N) is 8. The second-order valence-corrected chi connectivity index (χ2v) is 29.9. The van der Waals surface area contributed by atoms with Gasteiger partial charge in [0, 0.05) is 135 Å². The molecule has 16 aromatic rings. The second kappa shape index (κ2) is 28.1. The Bertz CT molecular complexity index is 6310. The van der Waals surface area contributed by atoms with E-state index in [4.69, 9.17) is 37.7 Å². The molecule has 0 saturated carbocycles. The Kier molecular flexibility index (Phi) is 15.9. The van der Waals surface area contributed by atoms with Crippen molar-refractivity contribution >= 4 is 88.3 Å². The highest BCUT2D eigenvalue weighted by Crippen LogP contribution is 2.42. The maximum Gasteiger partial charge on any atom is 0.227 e. The molecule has 16 rings (SSSR count). The molecule has 0 spiro atoms. The van der Waals surface area contributed by atoms with E-state index in [2.05, 4.69) is 202 Å². The van der Waals surface area contributed by atoms with Crippen molar-refractivity contribution in [2.45, 2.75) is 149 Å². The number of hydrogen-bond donors (Lipinski definition) is 0. The van der Waals surface area contributed by atoms with Gasteiger partial charge in [-0.2, -0.15) is 0 Å². The van der Waals surface area contributed by atoms with E-state index in [1.165, 1.54) is 36.1 Å². The lowest BCUT2D eigenvalue weighted by molar-refractivity contribution is -0.660. The first-order valence-corrected chi connectivity index (χ1v) is 35.4. The van der Waals surface area contributed by atoms with Gasteiger partial charge in [-0.15, -0.1) is 0 Å². The monoisotopic (exact) mass is 1390 g/mol. The molecule has 0 aliphatic carbocycles. The van der Waals surface area contributed by atoms with Gasteiger partial charge in [-0.3, -0.25) is 0 Å². The quantitative estimate of drug-likeness (QED) is 0.138. The molecule has 528 valence electrons. The predicted octanol–water partition coefficient (Wildman–Crippen LogP) is 21.6. The number of aromatic nitrogens is 8. The van der Waals surface area contributed by atoms with Gasteiger partial charge >= 0.3 is 0 Å². The molecule has 0 radical (unpaired) electrons. The molecular weight excluding hydrogens is 1280 g/mol. The van der Waals surface area contributed by atoms with Gasteiger partial charge in [0.1, 0.15) is 28.2 Å². The van der Waals surface area contributed by atoms with Crippen molar-refractivity contribution in [3.8, 4) is 45.0 Å². The minimum Gasteiger partial charge on any atom is -0.437 e. The third-order valence-corrected chi connectivity index (χ3v) is 19.5. The molecule has 0 N–H and O–H groups in total. The minimum atomic E-state index is -2.67. The van der Waals surface area contributed by atoms with Crippen LogP contribution in [0, 0.1) is 66.7 Å². The van der Waals surface area contributed by atoms with Crippen molar-refractivity contribution in [3.05, 3.63) is 238 Å². The standard InChI is InChI=1S/C24H27N2O.2C23H25N2O.C22H23N2O/c1-15-11-12-26(6)20(13-15)21-16(2)7-9-18-19-10-8-17(14-24(3,4)5)25-23(19)27-22(18)21;1-14-11-12-25(6)18(13-14)20-15(2)7-8-16-17-9-10-19(23(3,4)5)24-22(17)26-21(16)20;1-14(2)12-17-7-9-19-18-8-6-16(4)21(22(18)26-23(19)24-17)20-13-15(3)10-11-25(20)5;1-13(2)18-9-8-17-16-7-6-15(4)20(21(16)25-22(17)23-18)19-12-14(3)10-11-24(19)5/h7-13H,14H2,1-6H3;7-13H,1-6H3;6-11,13-14H,12H2,1-5H3;6-13H,1-5H3/q4*+1/i3D3,4D3;;1D3,14D;13D. The fourth-order valence-electron chi connectivity index (χ4n) is 13.8. The Morgan fingerprint density at radius 1 is 0.385 bits per heavy atom. The lowest BCUT2D eigenvalue weighted by Crippen LogP contribution is -2.30. The first-order chi connectivity index (χ1) is 53.7. The van der Waals surface area contributed by atoms with E-state index in [9.17, 15) is 0 Å². The molecule has 0 fully saturated rings. The van der Waals surface area contributed by atoms with Crippen molar-refractivity contribution in [3.63, 3.8) is 0 Å². The van der Waals surface area contributed by atoms with E-state index in [-0.39, 0.29) is 18.3 Å². The van der Waals surface area contributed by atoms with Crippen LogP contribution in [0.3, 0.4) is 0 Å². The largest absolute Gasteiger partial charge is 0.437 e. The highest BCUT2D eigenvalue weighted by atomic mass is 16.4. The van der Waals surface area contributed by atoms with Crippen molar-refractivity contribution in [2.75, 3.05) is 0 Å². The van der Waals surface area contributed by atoms with E-state index in [1.54, 1.807) is 12.1 Å². The van der Waals surface area contributed by atoms with Crippen molar-refractivity contribution in [2.24, 2.45) is 39.5 Å². The summed E-state index contributed by atoms with van der Waals surface area (Å²) in [6.07, 6.45) is 8.02. The van der Waals surface area contributed by atoms with Gasteiger partial charge in [0.05, 0.1) is 22.3 Å². The molecule has 4 aromatic carbocycles. The molecule has 12 heteroatoms. The number of fused-ring (bicyclic) bond motifs is 12. The summed E-state index contributed by atoms with van der Waals surface area (Å²) in [5.74, 6) is -2.37. The van der Waals surface area contributed by atoms with Gasteiger partial charge in [-0.25, -0.2) is 38.2 Å². The summed E-state index contributed by atoms with van der Waals surface area (Å²) < 4.78 is 120. The Balaban J connectivity index is 0.000000134. The molecular formula is C92H100N8O4+4. The summed E-state index contributed by atoms with van der Waals surface area (Å²) >= 11 is 0. The van der Waals surface area contributed by atoms with E-state index < -0.39 is 37.8 Å². The Morgan fingerprint density at radius 3 is 1.05 bits per heavy atom. The van der Waals surface area contributed by atoms with Crippen LogP contribution < -0.4 is 18.3 Å². The molecule has 12 nitrogen and oxygen atoms in total. The minimum absolute atomic E-state index is 0.00507. The summed E-state index contributed by atoms with van der Waals surface area (Å²) in [6.45, 7) is 21.8. The summed E-state index contributed by atoms with van der Waals surface area (Å²) in [4.78, 5) is 18.6. The zero-order chi connectivity index (χ0) is 83.5. The summed E-state index contributed by atoms with van der Waals surface area (Å²) in [5, 5.41) is 7.80. The SMILES string of the molecule is Cc1cc[n+](C)c(-c2c(C)ccc3c2oc2nc(C(C)(C)C)ccc23)c1.[2H]C(C)(C)c1ccc2c(n1)oc1c(-c3cc(C)cc[n+]3C)c(C)ccc12.[2H]C([2H])([2H])C(C)(Cc1ccc2c(n1)oc1c(-c3cc(C)cc[n+]3C)c(C)ccc12)C([2H])([2H])[2H].[2H]C([2H])([2H])C([2H])(C)Cc1ccc2c(n1)oc1c(-c3cc(C)cc[n+]3C)c(C)ccc12. The lowest BCUT2D eigenvalue weighted by atomic mass is 9.90. The van der Waals surface area contributed by atoms with Crippen molar-refractivity contribution in [1.29, 1.82) is 0 Å². The highest BCUT2D eigenvalue weighted by Gasteiger charge is 2.28. The van der Waals surface area contributed by atoms with E-state index in [1.807, 2.05) is 107 Å². The Hall–Kier alpha value is -10.7. The van der Waals surface area contributed by atoms with Gasteiger partial charge in [-0.05, 0) is 178 Å². The maximum atomic E-state index is 8.24. The number of hydrogen-bond acceptors (Lipinski definition) is 8. The fraction of sp³-hybridized carbons (Fsp3) is 0.304. The fourth-order valence-corrected chi connectivity index (χ4v) is 13.8. The zero-order valence-electron chi connectivity index (χ0n) is 74.3. The number of benzene rings is 4. The van der Waals surface area contributed by atoms with E-state index in [0.29, 0.717) is 39.8 Å². The third-order valence-electron chi connectivity index (χ3n) is 19.5. The molecule has 12 heterocycles. The topological polar surface area (TPSA) is 120 Å². The molecule has 0 aliphatic heterocycles. The van der Waals surface area contributed by atoms with Crippen LogP contribution in [0.1, 0.15) is 157 Å². The first kappa shape index (κ1) is 58.7. The molecule has 0 bridgehead atoms. The summed E-state index contributed by atoms with van der Waals surface area (Å²) in [6, 6.07) is 49.1. The van der Waals surface area contributed by atoms with E-state index >= 15 is 0 Å². The number of aryl methyl sites for hydroxylation is 12. The van der Waals surface area contributed by atoms with Crippen LogP contribution in [0.2, 0.25) is 0 Å². The van der Waals surface area contributed by atoms with Crippen LogP contribution in [0.4, 0.5) is 0 Å². The van der Waals surface area contributed by atoms with Crippen LogP contribution in [0.5, 0.6) is 0 Å². The molecule has 0 aliphatic rings. The first-order valence-electron chi connectivity index (χ1n) is 40.9. The van der Waals surface area contributed by atoms with Crippen molar-refractivity contribution < 1.29 is 51.0 Å². The third kappa shape index (κ3) is 14.3. The summed E-state index contributed by atoms with van der Waals surface area (Å²) in [5.41, 5.74) is 23.9. The van der Waals surface area contributed by atoms with E-state index in [0.717, 1.165) is 139 Å². The smallest absolute Gasteiger partial charge is 0.227 e. The average molecular weight is 1390 g/mol. The summed E-state index contributed by atoms with van der Waals surface area (Å²) in [7, 11) is 8.12. The Labute approximate surface area is 627 Å². The second-order valence-electron chi connectivity index (χ2n) is 29.9. The van der Waals surface area contributed by atoms with Gasteiger partial charge in [-0.1, -0.05) is 118 Å². The van der Waals surface area contributed by atoms with Crippen LogP contribution in [-0.4, -0.2) is 19.9 Å². The molecule has 104 heavy (non-hydrogen) atoms. The molecule has 1 atom stereocenters. The predicted molar refractivity (Wildman–Crippen MR) is 425 cm³/mol. The van der Waals surface area contributed by atoms with Gasteiger partial charge in [0.15, 0.2) is 47.1 Å². The number of furan rings is 4.